The van der Waals surface area contributed by atoms with Crippen molar-refractivity contribution in [2.24, 2.45) is 0 Å². The van der Waals surface area contributed by atoms with E-state index < -0.39 is 92.7 Å². The Bertz CT molecular complexity index is 1320. The first-order valence-corrected chi connectivity index (χ1v) is 29.8. The van der Waals surface area contributed by atoms with Crippen LogP contribution in [0.3, 0.4) is 0 Å². The van der Waals surface area contributed by atoms with Crippen molar-refractivity contribution in [1.29, 1.82) is 0 Å². The van der Waals surface area contributed by atoms with Gasteiger partial charge in [-0.2, -0.15) is 0 Å². The second-order valence-corrected chi connectivity index (χ2v) is 21.2. The molecule has 2 fully saturated rings. The number of allylic oxidation sites excluding steroid dienone is 2. The van der Waals surface area contributed by atoms with Crippen LogP contribution in [-0.2, 0) is 38.0 Å². The highest BCUT2D eigenvalue weighted by Crippen LogP contribution is 2.27. The molecule has 2 saturated heterocycles. The number of carbonyl (C=O) groups is 2. The quantitative estimate of drug-likeness (QED) is 0.0171. The van der Waals surface area contributed by atoms with E-state index in [2.05, 4.69) is 19.9 Å². The van der Waals surface area contributed by atoms with Gasteiger partial charge in [-0.15, -0.1) is 0 Å². The zero-order valence-electron chi connectivity index (χ0n) is 45.9. The van der Waals surface area contributed by atoms with Crippen LogP contribution in [0.15, 0.2) is 12.2 Å². The lowest BCUT2D eigenvalue weighted by Gasteiger charge is -2.42. The van der Waals surface area contributed by atoms with Gasteiger partial charge < -0.3 is 64.2 Å². The Morgan fingerprint density at radius 3 is 1.26 bits per heavy atom. The number of carbonyl (C=O) groups excluding carboxylic acids is 2. The van der Waals surface area contributed by atoms with E-state index in [1.807, 2.05) is 6.08 Å². The van der Waals surface area contributed by atoms with Crippen LogP contribution >= 0.6 is 0 Å². The molecule has 11 atom stereocenters. The second-order valence-electron chi connectivity index (χ2n) is 21.2. The van der Waals surface area contributed by atoms with Crippen molar-refractivity contribution in [3.05, 3.63) is 12.2 Å². The molecular weight excluding hydrogens is 937 g/mol. The van der Waals surface area contributed by atoms with Crippen LogP contribution in [0.1, 0.15) is 251 Å². The van der Waals surface area contributed by atoms with E-state index in [-0.39, 0.29) is 26.1 Å². The molecule has 15 heteroatoms. The van der Waals surface area contributed by atoms with Gasteiger partial charge in [-0.3, -0.25) is 9.59 Å². The molecule has 0 aromatic carbocycles. The van der Waals surface area contributed by atoms with E-state index >= 15 is 0 Å². The van der Waals surface area contributed by atoms with Gasteiger partial charge in [-0.05, 0) is 25.7 Å². The monoisotopic (exact) mass is 1040 g/mol. The maximum Gasteiger partial charge on any atom is 0.306 e. The number of aliphatic hydroxyl groups excluding tert-OH is 7. The van der Waals surface area contributed by atoms with Crippen LogP contribution in [0, 0.1) is 0 Å². The predicted molar refractivity (Wildman–Crippen MR) is 285 cm³/mol. The van der Waals surface area contributed by atoms with Crippen molar-refractivity contribution in [2.75, 3.05) is 26.4 Å². The van der Waals surface area contributed by atoms with Crippen LogP contribution in [0.4, 0.5) is 0 Å². The molecular formula is C58H108O15. The third kappa shape index (κ3) is 32.6. The molecule has 7 N–H and O–H groups in total. The maximum absolute atomic E-state index is 13.1. The topological polar surface area (TPSA) is 231 Å². The van der Waals surface area contributed by atoms with Gasteiger partial charge in [0.15, 0.2) is 18.7 Å². The van der Waals surface area contributed by atoms with Crippen molar-refractivity contribution in [2.45, 2.75) is 319 Å². The van der Waals surface area contributed by atoms with Crippen LogP contribution < -0.4 is 0 Å². The molecule has 0 bridgehead atoms. The zero-order valence-corrected chi connectivity index (χ0v) is 45.9. The summed E-state index contributed by atoms with van der Waals surface area (Å²) in [6.45, 7) is 2.61. The average Bonchev–Trinajstić information content (AvgIpc) is 3.38. The summed E-state index contributed by atoms with van der Waals surface area (Å²) in [5.41, 5.74) is 0. The number of rotatable bonds is 48. The molecule has 430 valence electrons. The first kappa shape index (κ1) is 67.3. The fraction of sp³-hybridized carbons (Fsp3) is 0.931. The Hall–Kier alpha value is -1.76. The van der Waals surface area contributed by atoms with E-state index in [1.165, 1.54) is 180 Å². The van der Waals surface area contributed by atoms with Crippen LogP contribution in [0.25, 0.3) is 0 Å². The fourth-order valence-electron chi connectivity index (χ4n) is 9.65. The molecule has 0 spiro atoms. The van der Waals surface area contributed by atoms with Gasteiger partial charge >= 0.3 is 11.9 Å². The van der Waals surface area contributed by atoms with Crippen molar-refractivity contribution in [3.63, 3.8) is 0 Å². The summed E-state index contributed by atoms with van der Waals surface area (Å²) in [5, 5.41) is 72.3. The highest BCUT2D eigenvalue weighted by molar-refractivity contribution is 5.70. The molecule has 0 amide bonds. The molecule has 4 unspecified atom stereocenters. The van der Waals surface area contributed by atoms with Gasteiger partial charge in [0.25, 0.3) is 0 Å². The molecule has 0 saturated carbocycles. The Balaban J connectivity index is 1.74. The Labute approximate surface area is 441 Å². The number of hydrogen-bond acceptors (Lipinski definition) is 15. The largest absolute Gasteiger partial charge is 0.462 e. The van der Waals surface area contributed by atoms with Gasteiger partial charge in [0.2, 0.25) is 0 Å². The van der Waals surface area contributed by atoms with Crippen molar-refractivity contribution in [3.8, 4) is 0 Å². The number of unbranched alkanes of at least 4 members (excludes halogenated alkanes) is 32. The Morgan fingerprint density at radius 2 is 0.808 bits per heavy atom. The molecule has 2 rings (SSSR count). The summed E-state index contributed by atoms with van der Waals surface area (Å²) in [4.78, 5) is 25.9. The van der Waals surface area contributed by atoms with E-state index in [0.717, 1.165) is 32.1 Å². The number of ether oxygens (including phenoxy) is 6. The van der Waals surface area contributed by atoms with E-state index in [9.17, 15) is 45.3 Å². The normalized spacial score (nSPS) is 24.8. The van der Waals surface area contributed by atoms with Gasteiger partial charge in [0.1, 0.15) is 55.4 Å². The van der Waals surface area contributed by atoms with E-state index in [1.54, 1.807) is 0 Å². The Morgan fingerprint density at radius 1 is 0.425 bits per heavy atom. The molecule has 2 aliphatic heterocycles. The van der Waals surface area contributed by atoms with Gasteiger partial charge in [0, 0.05) is 12.8 Å². The van der Waals surface area contributed by atoms with E-state index in [0.29, 0.717) is 12.8 Å². The fourth-order valence-corrected chi connectivity index (χ4v) is 9.65. The minimum absolute atomic E-state index is 0.139. The second kappa shape index (κ2) is 45.3. The zero-order chi connectivity index (χ0) is 53.2. The molecule has 73 heavy (non-hydrogen) atoms. The standard InChI is InChI=1S/C58H108O15/c1-3-5-7-9-11-13-15-17-19-20-21-22-23-24-25-27-29-31-33-35-37-39-41-50(61)71-46(43-68-49(60)40-38-36-34-32-30-28-26-18-16-14-12-10-8-6-4-2)44-69-57-56(67)54(65)52(63)48(73-57)45-70-58-55(66)53(64)51(62)47(42-59)72-58/h34,36,46-48,51-59,62-67H,3-33,35,37-45H2,1-2H3/b36-34+/t46-,47+,48+,51-,52-,53?,54?,55?,56?,57+,58+/m1/s1. The molecule has 2 heterocycles. The Kier molecular flexibility index (Phi) is 41.8. The summed E-state index contributed by atoms with van der Waals surface area (Å²) < 4.78 is 33.7. The summed E-state index contributed by atoms with van der Waals surface area (Å²) in [6, 6.07) is 0. The van der Waals surface area contributed by atoms with Gasteiger partial charge in [-0.1, -0.05) is 225 Å². The van der Waals surface area contributed by atoms with Crippen molar-refractivity contribution in [1.82, 2.24) is 0 Å². The summed E-state index contributed by atoms with van der Waals surface area (Å²) in [7, 11) is 0. The smallest absolute Gasteiger partial charge is 0.306 e. The summed E-state index contributed by atoms with van der Waals surface area (Å²) >= 11 is 0. The molecule has 0 aromatic rings. The first-order valence-electron chi connectivity index (χ1n) is 29.8. The minimum Gasteiger partial charge on any atom is -0.462 e. The highest BCUT2D eigenvalue weighted by Gasteiger charge is 2.47. The third-order valence-corrected chi connectivity index (χ3v) is 14.5. The predicted octanol–water partition coefficient (Wildman–Crippen LogP) is 10.1. The lowest BCUT2D eigenvalue weighted by Crippen LogP contribution is -2.61. The third-order valence-electron chi connectivity index (χ3n) is 14.5. The van der Waals surface area contributed by atoms with Crippen LogP contribution in [0.5, 0.6) is 0 Å². The van der Waals surface area contributed by atoms with Crippen molar-refractivity contribution < 1.29 is 73.8 Å². The first-order chi connectivity index (χ1) is 35.5. The maximum atomic E-state index is 13.1. The van der Waals surface area contributed by atoms with Crippen LogP contribution in [0.2, 0.25) is 0 Å². The molecule has 0 aromatic heterocycles. The van der Waals surface area contributed by atoms with Crippen LogP contribution in [-0.4, -0.2) is 142 Å². The average molecular weight is 1050 g/mol. The van der Waals surface area contributed by atoms with Gasteiger partial charge in [-0.25, -0.2) is 0 Å². The van der Waals surface area contributed by atoms with Gasteiger partial charge in [0.05, 0.1) is 19.8 Å². The molecule has 0 aliphatic carbocycles. The molecule has 2 aliphatic rings. The minimum atomic E-state index is -1.77. The highest BCUT2D eigenvalue weighted by atomic mass is 16.7. The summed E-state index contributed by atoms with van der Waals surface area (Å²) in [6.07, 6.45) is 31.1. The molecule has 0 radical (unpaired) electrons. The lowest BCUT2D eigenvalue weighted by atomic mass is 9.98. The SMILES string of the molecule is CCCCCCCCCCCCC/C=C/CCC(=O)OC[C@H](CO[C@H]1O[C@@H](CO[C@H]2O[C@@H](CO)[C@@H](O)C(O)C2O)[C@@H](O)C(O)C1O)OC(=O)CCCCCCCCCCCCCCCCCCCCCCCC. The number of hydrogen-bond donors (Lipinski definition) is 7. The summed E-state index contributed by atoms with van der Waals surface area (Å²) in [5.74, 6) is -0.965. The van der Waals surface area contributed by atoms with Crippen molar-refractivity contribution >= 4 is 11.9 Å². The number of esters is 2. The van der Waals surface area contributed by atoms with E-state index in [4.69, 9.17) is 28.4 Å². The molecule has 15 nitrogen and oxygen atoms in total. The lowest BCUT2D eigenvalue weighted by molar-refractivity contribution is -0.332. The number of aliphatic hydroxyl groups is 7.